The molecular formula is C28H32N2O5. The van der Waals surface area contributed by atoms with Crippen LogP contribution >= 0.6 is 0 Å². The SMILES string of the molecule is COc1ccc(CN(C(=O)Cc2ccc(OC)c(OC)c2)[C@@H](C)C(=O)NCc2ccccc2)cc1. The van der Waals surface area contributed by atoms with Gasteiger partial charge in [0.05, 0.1) is 27.8 Å². The van der Waals surface area contributed by atoms with E-state index in [1.165, 1.54) is 0 Å². The molecule has 0 bridgehead atoms. The molecule has 3 aromatic carbocycles. The third kappa shape index (κ3) is 6.99. The van der Waals surface area contributed by atoms with Gasteiger partial charge in [0.15, 0.2) is 11.5 Å². The van der Waals surface area contributed by atoms with Gasteiger partial charge in [0.25, 0.3) is 0 Å². The van der Waals surface area contributed by atoms with Crippen molar-refractivity contribution in [3.63, 3.8) is 0 Å². The molecule has 0 saturated heterocycles. The highest BCUT2D eigenvalue weighted by molar-refractivity contribution is 5.88. The number of hydrogen-bond donors (Lipinski definition) is 1. The van der Waals surface area contributed by atoms with Crippen molar-refractivity contribution in [1.29, 1.82) is 0 Å². The van der Waals surface area contributed by atoms with Gasteiger partial charge in [-0.05, 0) is 47.9 Å². The number of carbonyl (C=O) groups excluding carboxylic acids is 2. The summed E-state index contributed by atoms with van der Waals surface area (Å²) in [6, 6.07) is 21.8. The van der Waals surface area contributed by atoms with Gasteiger partial charge in [-0.25, -0.2) is 0 Å². The van der Waals surface area contributed by atoms with Gasteiger partial charge in [-0.15, -0.1) is 0 Å². The smallest absolute Gasteiger partial charge is 0.242 e. The van der Waals surface area contributed by atoms with Gasteiger partial charge >= 0.3 is 0 Å². The minimum Gasteiger partial charge on any atom is -0.497 e. The van der Waals surface area contributed by atoms with Crippen LogP contribution in [0.4, 0.5) is 0 Å². The van der Waals surface area contributed by atoms with Crippen molar-refractivity contribution in [1.82, 2.24) is 10.2 Å². The van der Waals surface area contributed by atoms with E-state index in [2.05, 4.69) is 5.32 Å². The number of benzene rings is 3. The van der Waals surface area contributed by atoms with Gasteiger partial charge in [0.1, 0.15) is 11.8 Å². The molecule has 0 aliphatic carbocycles. The van der Waals surface area contributed by atoms with Gasteiger partial charge in [-0.2, -0.15) is 0 Å². The number of methoxy groups -OCH3 is 3. The molecule has 1 atom stereocenters. The monoisotopic (exact) mass is 476 g/mol. The van der Waals surface area contributed by atoms with Gasteiger partial charge < -0.3 is 24.4 Å². The van der Waals surface area contributed by atoms with Gasteiger partial charge in [0, 0.05) is 13.1 Å². The Balaban J connectivity index is 1.79. The third-order valence-electron chi connectivity index (χ3n) is 5.79. The summed E-state index contributed by atoms with van der Waals surface area (Å²) < 4.78 is 15.9. The van der Waals surface area contributed by atoms with Crippen LogP contribution in [0.15, 0.2) is 72.8 Å². The summed E-state index contributed by atoms with van der Waals surface area (Å²) in [7, 11) is 4.72. The molecular weight excluding hydrogens is 444 g/mol. The lowest BCUT2D eigenvalue weighted by atomic mass is 10.1. The van der Waals surface area contributed by atoms with Crippen LogP contribution in [0.2, 0.25) is 0 Å². The fraction of sp³-hybridized carbons (Fsp3) is 0.286. The number of rotatable bonds is 11. The highest BCUT2D eigenvalue weighted by Gasteiger charge is 2.26. The summed E-state index contributed by atoms with van der Waals surface area (Å²) in [5.41, 5.74) is 2.66. The molecule has 0 aliphatic heterocycles. The summed E-state index contributed by atoms with van der Waals surface area (Å²) in [6.07, 6.45) is 0.118. The summed E-state index contributed by atoms with van der Waals surface area (Å²) in [5.74, 6) is 1.48. The fourth-order valence-electron chi connectivity index (χ4n) is 3.71. The Labute approximate surface area is 206 Å². The first-order valence-corrected chi connectivity index (χ1v) is 11.4. The molecule has 0 aliphatic rings. The van der Waals surface area contributed by atoms with E-state index in [4.69, 9.17) is 14.2 Å². The first-order valence-electron chi connectivity index (χ1n) is 11.4. The number of carbonyl (C=O) groups is 2. The molecule has 184 valence electrons. The number of amides is 2. The Bertz CT molecular complexity index is 1120. The van der Waals surface area contributed by atoms with Crippen molar-refractivity contribution in [2.45, 2.75) is 32.5 Å². The summed E-state index contributed by atoms with van der Waals surface area (Å²) in [4.78, 5) is 28.1. The zero-order valence-corrected chi connectivity index (χ0v) is 20.6. The van der Waals surface area contributed by atoms with E-state index in [9.17, 15) is 9.59 Å². The molecule has 0 heterocycles. The number of hydrogen-bond acceptors (Lipinski definition) is 5. The predicted molar refractivity (Wildman–Crippen MR) is 135 cm³/mol. The van der Waals surface area contributed by atoms with E-state index in [0.717, 1.165) is 22.4 Å². The van der Waals surface area contributed by atoms with E-state index >= 15 is 0 Å². The van der Waals surface area contributed by atoms with Crippen LogP contribution in [0.25, 0.3) is 0 Å². The van der Waals surface area contributed by atoms with Crippen molar-refractivity contribution in [3.05, 3.63) is 89.5 Å². The minimum absolute atomic E-state index is 0.118. The lowest BCUT2D eigenvalue weighted by molar-refractivity contribution is -0.140. The molecule has 3 rings (SSSR count). The molecule has 0 spiro atoms. The predicted octanol–water partition coefficient (Wildman–Crippen LogP) is 3.99. The van der Waals surface area contributed by atoms with Crippen molar-refractivity contribution in [2.24, 2.45) is 0 Å². The maximum Gasteiger partial charge on any atom is 0.242 e. The first kappa shape index (κ1) is 25.6. The third-order valence-corrected chi connectivity index (χ3v) is 5.79. The molecule has 2 amide bonds. The van der Waals surface area contributed by atoms with Crippen LogP contribution in [0.3, 0.4) is 0 Å². The van der Waals surface area contributed by atoms with Crippen LogP contribution in [-0.2, 0) is 29.1 Å². The van der Waals surface area contributed by atoms with E-state index in [1.54, 1.807) is 45.3 Å². The highest BCUT2D eigenvalue weighted by Crippen LogP contribution is 2.28. The van der Waals surface area contributed by atoms with Crippen LogP contribution in [0.5, 0.6) is 17.2 Å². The van der Waals surface area contributed by atoms with Crippen LogP contribution in [-0.4, -0.2) is 44.1 Å². The quantitative estimate of drug-likeness (QED) is 0.453. The second kappa shape index (κ2) is 12.5. The second-order valence-corrected chi connectivity index (χ2v) is 8.12. The molecule has 0 aromatic heterocycles. The van der Waals surface area contributed by atoms with Crippen molar-refractivity contribution in [2.75, 3.05) is 21.3 Å². The molecule has 7 nitrogen and oxygen atoms in total. The molecule has 0 fully saturated rings. The zero-order valence-electron chi connectivity index (χ0n) is 20.6. The van der Waals surface area contributed by atoms with Crippen molar-refractivity contribution in [3.8, 4) is 17.2 Å². The summed E-state index contributed by atoms with van der Waals surface area (Å²) in [6.45, 7) is 2.43. The highest BCUT2D eigenvalue weighted by atomic mass is 16.5. The van der Waals surface area contributed by atoms with Crippen LogP contribution in [0.1, 0.15) is 23.6 Å². The van der Waals surface area contributed by atoms with E-state index in [1.807, 2.05) is 60.7 Å². The van der Waals surface area contributed by atoms with Gasteiger partial charge in [-0.3, -0.25) is 9.59 Å². The Hall–Kier alpha value is -4.00. The molecule has 0 saturated carbocycles. The minimum atomic E-state index is -0.673. The van der Waals surface area contributed by atoms with E-state index in [0.29, 0.717) is 18.0 Å². The normalized spacial score (nSPS) is 11.3. The lowest BCUT2D eigenvalue weighted by Crippen LogP contribution is -2.48. The van der Waals surface area contributed by atoms with Crippen molar-refractivity contribution >= 4 is 11.8 Å². The molecule has 0 unspecified atom stereocenters. The van der Waals surface area contributed by atoms with E-state index < -0.39 is 6.04 Å². The van der Waals surface area contributed by atoms with Gasteiger partial charge in [-0.1, -0.05) is 48.5 Å². The summed E-state index contributed by atoms with van der Waals surface area (Å²) in [5, 5.41) is 2.95. The Kier molecular flexibility index (Phi) is 9.12. The maximum atomic E-state index is 13.5. The number of nitrogens with zero attached hydrogens (tertiary/aromatic N) is 1. The Morgan fingerprint density at radius 2 is 1.46 bits per heavy atom. The molecule has 7 heteroatoms. The Morgan fingerprint density at radius 3 is 2.09 bits per heavy atom. The fourth-order valence-corrected chi connectivity index (χ4v) is 3.71. The number of nitrogens with one attached hydrogen (secondary N) is 1. The largest absolute Gasteiger partial charge is 0.497 e. The average molecular weight is 477 g/mol. The topological polar surface area (TPSA) is 77.1 Å². The van der Waals surface area contributed by atoms with Crippen LogP contribution in [0, 0.1) is 0 Å². The standard InChI is InChI=1S/C28H32N2O5/c1-20(28(32)29-18-21-8-6-5-7-9-21)30(19-22-10-13-24(33-2)14-11-22)27(31)17-23-12-15-25(34-3)26(16-23)35-4/h5-16,20H,17-19H2,1-4H3,(H,29,32)/t20-/m0/s1. The molecule has 35 heavy (non-hydrogen) atoms. The average Bonchev–Trinajstić information content (AvgIpc) is 2.90. The first-order chi connectivity index (χ1) is 16.9. The van der Waals surface area contributed by atoms with Gasteiger partial charge in [0.2, 0.25) is 11.8 Å². The lowest BCUT2D eigenvalue weighted by Gasteiger charge is -2.29. The second-order valence-electron chi connectivity index (χ2n) is 8.12. The summed E-state index contributed by atoms with van der Waals surface area (Å²) >= 11 is 0. The van der Waals surface area contributed by atoms with Crippen molar-refractivity contribution < 1.29 is 23.8 Å². The molecule has 0 radical (unpaired) electrons. The number of ether oxygens (including phenoxy) is 3. The molecule has 3 aromatic rings. The zero-order chi connectivity index (χ0) is 25.2. The van der Waals surface area contributed by atoms with E-state index in [-0.39, 0.29) is 24.8 Å². The Morgan fingerprint density at radius 1 is 0.800 bits per heavy atom. The molecule has 1 N–H and O–H groups in total. The maximum absolute atomic E-state index is 13.5. The van der Waals surface area contributed by atoms with Crippen LogP contribution < -0.4 is 19.5 Å².